The molecule has 2 unspecified atom stereocenters. The molecule has 0 amide bonds. The van der Waals surface area contributed by atoms with Crippen molar-refractivity contribution >= 4 is 5.69 Å². The summed E-state index contributed by atoms with van der Waals surface area (Å²) >= 11 is 0. The van der Waals surface area contributed by atoms with Crippen LogP contribution in [0.1, 0.15) is 32.1 Å². The molecule has 2 saturated heterocycles. The lowest BCUT2D eigenvalue weighted by molar-refractivity contribution is -0.130. The molecule has 2 atom stereocenters. The Morgan fingerprint density at radius 3 is 2.31 bits per heavy atom. The summed E-state index contributed by atoms with van der Waals surface area (Å²) < 4.78 is 5.48. The molecule has 1 aromatic rings. The number of hydrogen-bond donors (Lipinski definition) is 2. The van der Waals surface area contributed by atoms with E-state index in [1.54, 1.807) is 7.11 Å². The standard InChI is InChI=1S/C20H33N3O3/c1-26-18-8-3-2-7-17(18)22-15-13-21(14-16-22)11-4-5-12-23-19(24)9-6-10-20(23)25/h2-3,7-8,19-20,24-25H,4-6,9-16H2,1H3. The molecule has 0 spiro atoms. The third-order valence-corrected chi connectivity index (χ3v) is 5.63. The van der Waals surface area contributed by atoms with Gasteiger partial charge < -0.3 is 19.8 Å². The maximum atomic E-state index is 10.0. The summed E-state index contributed by atoms with van der Waals surface area (Å²) in [5, 5.41) is 20.0. The van der Waals surface area contributed by atoms with E-state index in [-0.39, 0.29) is 0 Å². The number of benzene rings is 1. The van der Waals surface area contributed by atoms with Gasteiger partial charge in [-0.25, -0.2) is 0 Å². The fraction of sp³-hybridized carbons (Fsp3) is 0.700. The number of hydrogen-bond acceptors (Lipinski definition) is 6. The molecule has 3 rings (SSSR count). The van der Waals surface area contributed by atoms with Crippen molar-refractivity contribution in [1.82, 2.24) is 9.80 Å². The van der Waals surface area contributed by atoms with E-state index < -0.39 is 12.5 Å². The van der Waals surface area contributed by atoms with E-state index in [2.05, 4.69) is 21.9 Å². The van der Waals surface area contributed by atoms with Crippen LogP contribution >= 0.6 is 0 Å². The molecule has 6 nitrogen and oxygen atoms in total. The molecule has 26 heavy (non-hydrogen) atoms. The Morgan fingerprint density at radius 1 is 0.962 bits per heavy atom. The van der Waals surface area contributed by atoms with Gasteiger partial charge >= 0.3 is 0 Å². The summed E-state index contributed by atoms with van der Waals surface area (Å²) in [6, 6.07) is 8.22. The zero-order valence-corrected chi connectivity index (χ0v) is 15.9. The minimum Gasteiger partial charge on any atom is -0.495 e. The van der Waals surface area contributed by atoms with Gasteiger partial charge in [-0.15, -0.1) is 0 Å². The number of methoxy groups -OCH3 is 1. The van der Waals surface area contributed by atoms with E-state index in [9.17, 15) is 10.2 Å². The Balaban J connectivity index is 1.37. The van der Waals surface area contributed by atoms with Crippen molar-refractivity contribution in [2.24, 2.45) is 0 Å². The minimum absolute atomic E-state index is 0.469. The Labute approximate surface area is 157 Å². The zero-order chi connectivity index (χ0) is 18.4. The van der Waals surface area contributed by atoms with E-state index in [1.807, 2.05) is 17.0 Å². The number of aliphatic hydroxyl groups is 2. The van der Waals surface area contributed by atoms with Crippen molar-refractivity contribution in [2.45, 2.75) is 44.6 Å². The first-order valence-electron chi connectivity index (χ1n) is 9.91. The van der Waals surface area contributed by atoms with Crippen molar-refractivity contribution in [3.63, 3.8) is 0 Å². The lowest BCUT2D eigenvalue weighted by atomic mass is 10.1. The maximum absolute atomic E-state index is 10.0. The summed E-state index contributed by atoms with van der Waals surface area (Å²) in [5.41, 5.74) is 1.18. The third kappa shape index (κ3) is 4.88. The topological polar surface area (TPSA) is 59.4 Å². The highest BCUT2D eigenvalue weighted by Gasteiger charge is 2.27. The number of anilines is 1. The normalized spacial score (nSPS) is 25.4. The summed E-state index contributed by atoms with van der Waals surface area (Å²) in [7, 11) is 1.73. The van der Waals surface area contributed by atoms with Gasteiger partial charge in [0.25, 0.3) is 0 Å². The highest BCUT2D eigenvalue weighted by molar-refractivity contribution is 5.58. The fourth-order valence-electron chi connectivity index (χ4n) is 4.04. The molecule has 0 aliphatic carbocycles. The van der Waals surface area contributed by atoms with Crippen LogP contribution in [0, 0.1) is 0 Å². The van der Waals surface area contributed by atoms with Crippen LogP contribution in [-0.2, 0) is 0 Å². The average molecular weight is 364 g/mol. The van der Waals surface area contributed by atoms with Gasteiger partial charge in [-0.05, 0) is 50.8 Å². The quantitative estimate of drug-likeness (QED) is 0.720. The molecular formula is C20H33N3O3. The van der Waals surface area contributed by atoms with Crippen LogP contribution in [0.4, 0.5) is 5.69 Å². The van der Waals surface area contributed by atoms with Crippen molar-refractivity contribution in [2.75, 3.05) is 51.3 Å². The highest BCUT2D eigenvalue weighted by Crippen LogP contribution is 2.28. The first kappa shape index (κ1) is 19.4. The SMILES string of the molecule is COc1ccccc1N1CCN(CCCCN2C(O)CCCC2O)CC1. The molecule has 2 N–H and O–H groups in total. The molecule has 146 valence electrons. The first-order valence-corrected chi connectivity index (χ1v) is 9.91. The van der Waals surface area contributed by atoms with E-state index in [1.165, 1.54) is 5.69 Å². The maximum Gasteiger partial charge on any atom is 0.142 e. The first-order chi connectivity index (χ1) is 12.7. The summed E-state index contributed by atoms with van der Waals surface area (Å²) in [5.74, 6) is 0.944. The van der Waals surface area contributed by atoms with E-state index in [4.69, 9.17) is 4.74 Å². The van der Waals surface area contributed by atoms with Gasteiger partial charge in [-0.1, -0.05) is 12.1 Å². The predicted molar refractivity (Wildman–Crippen MR) is 103 cm³/mol. The van der Waals surface area contributed by atoms with Crippen molar-refractivity contribution < 1.29 is 14.9 Å². The summed E-state index contributed by atoms with van der Waals surface area (Å²) in [6.07, 6.45) is 3.65. The molecule has 6 heteroatoms. The molecular weight excluding hydrogens is 330 g/mol. The molecule has 0 saturated carbocycles. The van der Waals surface area contributed by atoms with Gasteiger partial charge in [-0.3, -0.25) is 9.80 Å². The minimum atomic E-state index is -0.469. The monoisotopic (exact) mass is 363 g/mol. The second-order valence-corrected chi connectivity index (χ2v) is 7.34. The van der Waals surface area contributed by atoms with Gasteiger partial charge in [0, 0.05) is 32.7 Å². The number of para-hydroxylation sites is 2. The Kier molecular flexibility index (Phi) is 7.14. The number of likely N-dealkylation sites (tertiary alicyclic amines) is 1. The van der Waals surface area contributed by atoms with E-state index in [0.29, 0.717) is 0 Å². The van der Waals surface area contributed by atoms with Crippen molar-refractivity contribution in [3.05, 3.63) is 24.3 Å². The van der Waals surface area contributed by atoms with Crippen LogP contribution in [0.5, 0.6) is 5.75 Å². The predicted octanol–water partition coefficient (Wildman–Crippen LogP) is 1.72. The third-order valence-electron chi connectivity index (χ3n) is 5.63. The number of unbranched alkanes of at least 4 members (excludes halogenated alkanes) is 1. The van der Waals surface area contributed by atoms with Gasteiger partial charge in [-0.2, -0.15) is 0 Å². The number of piperidine rings is 1. The number of rotatable bonds is 7. The van der Waals surface area contributed by atoms with Gasteiger partial charge in [0.2, 0.25) is 0 Å². The van der Waals surface area contributed by atoms with Gasteiger partial charge in [0.15, 0.2) is 0 Å². The lowest BCUT2D eigenvalue weighted by Gasteiger charge is -2.37. The number of nitrogens with zero attached hydrogens (tertiary/aromatic N) is 3. The molecule has 0 bridgehead atoms. The highest BCUT2D eigenvalue weighted by atomic mass is 16.5. The average Bonchev–Trinajstić information content (AvgIpc) is 2.67. The molecule has 2 heterocycles. The lowest BCUT2D eigenvalue weighted by Crippen LogP contribution is -2.48. The Bertz CT molecular complexity index is 539. The van der Waals surface area contributed by atoms with E-state index >= 15 is 0 Å². The molecule has 2 aliphatic rings. The van der Waals surface area contributed by atoms with Gasteiger partial charge in [0.05, 0.1) is 12.8 Å². The van der Waals surface area contributed by atoms with E-state index in [0.717, 1.165) is 77.1 Å². The molecule has 1 aromatic carbocycles. The Hall–Kier alpha value is -1.34. The summed E-state index contributed by atoms with van der Waals surface area (Å²) in [4.78, 5) is 6.76. The van der Waals surface area contributed by atoms with Crippen LogP contribution in [0.15, 0.2) is 24.3 Å². The van der Waals surface area contributed by atoms with Crippen molar-refractivity contribution in [1.29, 1.82) is 0 Å². The Morgan fingerprint density at radius 2 is 1.62 bits per heavy atom. The fourth-order valence-corrected chi connectivity index (χ4v) is 4.04. The summed E-state index contributed by atoms with van der Waals surface area (Å²) in [6.45, 7) is 6.02. The zero-order valence-electron chi connectivity index (χ0n) is 15.9. The largest absolute Gasteiger partial charge is 0.495 e. The van der Waals surface area contributed by atoms with Crippen molar-refractivity contribution in [3.8, 4) is 5.75 Å². The second kappa shape index (κ2) is 9.55. The van der Waals surface area contributed by atoms with Crippen LogP contribution in [0.25, 0.3) is 0 Å². The molecule has 2 fully saturated rings. The van der Waals surface area contributed by atoms with Crippen LogP contribution in [0.2, 0.25) is 0 Å². The number of aliphatic hydroxyl groups excluding tert-OH is 2. The number of ether oxygens (including phenoxy) is 1. The smallest absolute Gasteiger partial charge is 0.142 e. The molecule has 0 aromatic heterocycles. The van der Waals surface area contributed by atoms with Crippen LogP contribution < -0.4 is 9.64 Å². The van der Waals surface area contributed by atoms with Crippen LogP contribution in [0.3, 0.4) is 0 Å². The molecule has 2 aliphatic heterocycles. The second-order valence-electron chi connectivity index (χ2n) is 7.34. The van der Waals surface area contributed by atoms with Gasteiger partial charge in [0.1, 0.15) is 18.2 Å². The number of piperazine rings is 1. The molecule has 0 radical (unpaired) electrons. The van der Waals surface area contributed by atoms with Crippen LogP contribution in [-0.4, -0.2) is 78.8 Å².